The molecule has 4 rings (SSSR count). The van der Waals surface area contributed by atoms with Crippen molar-refractivity contribution < 1.29 is 13.2 Å². The summed E-state index contributed by atoms with van der Waals surface area (Å²) in [7, 11) is 0. The van der Waals surface area contributed by atoms with Gasteiger partial charge in [0.25, 0.3) is 0 Å². The van der Waals surface area contributed by atoms with Crippen molar-refractivity contribution in [3.8, 4) is 17.1 Å². The highest BCUT2D eigenvalue weighted by Gasteiger charge is 2.32. The van der Waals surface area contributed by atoms with Crippen LogP contribution in [0.5, 0.6) is 0 Å². The summed E-state index contributed by atoms with van der Waals surface area (Å²) >= 11 is 0. The predicted molar refractivity (Wildman–Crippen MR) is 84.9 cm³/mol. The minimum absolute atomic E-state index is 0.203. The zero-order chi connectivity index (χ0) is 17.4. The molecule has 8 heteroatoms. The summed E-state index contributed by atoms with van der Waals surface area (Å²) in [5.74, 6) is 0.404. The topological polar surface area (TPSA) is 56.5 Å². The van der Waals surface area contributed by atoms with E-state index in [0.29, 0.717) is 11.2 Å². The van der Waals surface area contributed by atoms with E-state index in [-0.39, 0.29) is 5.52 Å². The first-order valence-electron chi connectivity index (χ1n) is 7.32. The third kappa shape index (κ3) is 2.82. The summed E-state index contributed by atoms with van der Waals surface area (Å²) in [4.78, 5) is 12.2. The van der Waals surface area contributed by atoms with Crippen molar-refractivity contribution in [1.82, 2.24) is 24.7 Å². The first-order chi connectivity index (χ1) is 12.0. The molecule has 4 heterocycles. The van der Waals surface area contributed by atoms with E-state index in [1.165, 1.54) is 23.0 Å². The predicted octanol–water partition coefficient (Wildman–Crippen LogP) is 3.90. The maximum Gasteiger partial charge on any atom is 0.433 e. The number of hydrogen-bond acceptors (Lipinski definition) is 4. The lowest BCUT2D eigenvalue weighted by Gasteiger charge is -2.09. The largest absolute Gasteiger partial charge is 0.433 e. The molecule has 4 aromatic heterocycles. The van der Waals surface area contributed by atoms with Gasteiger partial charge in [-0.2, -0.15) is 18.3 Å². The Balaban J connectivity index is 1.81. The number of alkyl halides is 3. The molecule has 0 aliphatic carbocycles. The summed E-state index contributed by atoms with van der Waals surface area (Å²) in [6.07, 6.45) is 1.94. The summed E-state index contributed by atoms with van der Waals surface area (Å²) in [5.41, 5.74) is 0.784. The molecular weight excluding hydrogens is 331 g/mol. The first-order valence-corrected chi connectivity index (χ1v) is 7.32. The Morgan fingerprint density at radius 1 is 0.920 bits per heavy atom. The van der Waals surface area contributed by atoms with Crippen molar-refractivity contribution in [2.24, 2.45) is 0 Å². The Morgan fingerprint density at radius 2 is 1.80 bits per heavy atom. The first kappa shape index (κ1) is 15.3. The van der Waals surface area contributed by atoms with Crippen LogP contribution in [0.1, 0.15) is 5.69 Å². The van der Waals surface area contributed by atoms with E-state index >= 15 is 0 Å². The highest BCUT2D eigenvalue weighted by atomic mass is 19.4. The smallest absolute Gasteiger partial charge is 0.256 e. The summed E-state index contributed by atoms with van der Waals surface area (Å²) in [6, 6.07) is 9.25. The highest BCUT2D eigenvalue weighted by molar-refractivity contribution is 5.85. The number of rotatable bonds is 2. The summed E-state index contributed by atoms with van der Waals surface area (Å²) in [5, 5.41) is 4.73. The molecule has 25 heavy (non-hydrogen) atoms. The number of fused-ring (bicyclic) bond motifs is 1. The Bertz CT molecular complexity index is 1040. The summed E-state index contributed by atoms with van der Waals surface area (Å²) in [6.45, 7) is 0. The van der Waals surface area contributed by atoms with Gasteiger partial charge in [0.15, 0.2) is 5.82 Å². The molecule has 0 aromatic carbocycles. The fraction of sp³-hybridized carbons (Fsp3) is 0.0588. The van der Waals surface area contributed by atoms with Gasteiger partial charge < -0.3 is 0 Å². The highest BCUT2D eigenvalue weighted by Crippen LogP contribution is 2.30. The third-order valence-electron chi connectivity index (χ3n) is 3.65. The van der Waals surface area contributed by atoms with E-state index in [2.05, 4.69) is 20.1 Å². The molecule has 0 bridgehead atoms. The monoisotopic (exact) mass is 341 g/mol. The van der Waals surface area contributed by atoms with E-state index in [0.717, 1.165) is 17.3 Å². The van der Waals surface area contributed by atoms with Crippen molar-refractivity contribution >= 4 is 10.9 Å². The van der Waals surface area contributed by atoms with Crippen LogP contribution in [0, 0.1) is 0 Å². The molecular formula is C17H10F3N5. The van der Waals surface area contributed by atoms with E-state index < -0.39 is 11.9 Å². The van der Waals surface area contributed by atoms with E-state index in [1.807, 2.05) is 18.2 Å². The number of nitrogens with zero attached hydrogens (tertiary/aromatic N) is 5. The third-order valence-corrected chi connectivity index (χ3v) is 3.65. The molecule has 0 spiro atoms. The van der Waals surface area contributed by atoms with E-state index in [4.69, 9.17) is 0 Å². The van der Waals surface area contributed by atoms with Crippen molar-refractivity contribution in [3.63, 3.8) is 0 Å². The summed E-state index contributed by atoms with van der Waals surface area (Å²) < 4.78 is 40.0. The lowest BCUT2D eigenvalue weighted by Crippen LogP contribution is -2.08. The molecule has 124 valence electrons. The minimum Gasteiger partial charge on any atom is -0.256 e. The van der Waals surface area contributed by atoms with Crippen molar-refractivity contribution in [3.05, 3.63) is 66.9 Å². The van der Waals surface area contributed by atoms with Gasteiger partial charge in [-0.15, -0.1) is 0 Å². The normalized spacial score (nSPS) is 11.8. The second-order valence-corrected chi connectivity index (χ2v) is 5.28. The van der Waals surface area contributed by atoms with Gasteiger partial charge in [-0.25, -0.2) is 14.6 Å². The average molecular weight is 341 g/mol. The zero-order valence-electron chi connectivity index (χ0n) is 12.6. The molecule has 0 aliphatic heterocycles. The Kier molecular flexibility index (Phi) is 3.45. The molecule has 0 saturated heterocycles. The maximum atomic E-state index is 12.8. The molecule has 5 nitrogen and oxygen atoms in total. The standard InChI is InChI=1S/C17H10F3N5/c18-17(19,20)15-5-4-12-14(24-15)6-8-22-16(12)25-10-11(9-23-25)13-3-1-2-7-21-13/h1-10H. The maximum absolute atomic E-state index is 12.8. The van der Waals surface area contributed by atoms with Crippen molar-refractivity contribution in [2.75, 3.05) is 0 Å². The molecule has 0 radical (unpaired) electrons. The second-order valence-electron chi connectivity index (χ2n) is 5.28. The van der Waals surface area contributed by atoms with Crippen LogP contribution in [0.2, 0.25) is 0 Å². The Hall–Kier alpha value is -3.29. The number of hydrogen-bond donors (Lipinski definition) is 0. The minimum atomic E-state index is -4.49. The molecule has 4 aromatic rings. The fourth-order valence-corrected chi connectivity index (χ4v) is 2.48. The van der Waals surface area contributed by atoms with Crippen LogP contribution in [-0.4, -0.2) is 24.7 Å². The SMILES string of the molecule is FC(F)(F)c1ccc2c(-n3cc(-c4ccccn4)cn3)nccc2n1. The Labute approximate surface area is 139 Å². The molecule has 0 atom stereocenters. The van der Waals surface area contributed by atoms with Gasteiger partial charge in [0.2, 0.25) is 0 Å². The second kappa shape index (κ2) is 5.66. The number of pyridine rings is 3. The fourth-order valence-electron chi connectivity index (χ4n) is 2.48. The van der Waals surface area contributed by atoms with Crippen LogP contribution in [0.25, 0.3) is 28.0 Å². The van der Waals surface area contributed by atoms with Gasteiger partial charge >= 0.3 is 6.18 Å². The van der Waals surface area contributed by atoms with Crippen LogP contribution < -0.4 is 0 Å². The van der Waals surface area contributed by atoms with Crippen LogP contribution in [0.4, 0.5) is 13.2 Å². The number of halogens is 3. The molecule has 0 saturated carbocycles. The average Bonchev–Trinajstić information content (AvgIpc) is 3.10. The van der Waals surface area contributed by atoms with Crippen LogP contribution >= 0.6 is 0 Å². The lowest BCUT2D eigenvalue weighted by molar-refractivity contribution is -0.140. The molecule has 0 amide bonds. The molecule has 0 aliphatic rings. The van der Waals surface area contributed by atoms with Crippen molar-refractivity contribution in [1.29, 1.82) is 0 Å². The quantitative estimate of drug-likeness (QED) is 0.555. The van der Waals surface area contributed by atoms with Gasteiger partial charge in [-0.05, 0) is 30.3 Å². The van der Waals surface area contributed by atoms with E-state index in [1.54, 1.807) is 18.6 Å². The van der Waals surface area contributed by atoms with Gasteiger partial charge in [0.05, 0.1) is 17.4 Å². The van der Waals surface area contributed by atoms with Crippen LogP contribution in [-0.2, 0) is 6.18 Å². The molecule has 0 fully saturated rings. The van der Waals surface area contributed by atoms with Gasteiger partial charge in [0, 0.05) is 29.5 Å². The lowest BCUT2D eigenvalue weighted by atomic mass is 10.2. The van der Waals surface area contributed by atoms with Gasteiger partial charge in [-0.3, -0.25) is 4.98 Å². The number of aromatic nitrogens is 5. The van der Waals surface area contributed by atoms with Crippen LogP contribution in [0.15, 0.2) is 61.2 Å². The molecule has 0 unspecified atom stereocenters. The van der Waals surface area contributed by atoms with E-state index in [9.17, 15) is 13.2 Å². The van der Waals surface area contributed by atoms with Gasteiger partial charge in [-0.1, -0.05) is 6.07 Å². The Morgan fingerprint density at radius 3 is 2.56 bits per heavy atom. The molecule has 0 N–H and O–H groups in total. The van der Waals surface area contributed by atoms with Gasteiger partial charge in [0.1, 0.15) is 5.69 Å². The van der Waals surface area contributed by atoms with Crippen LogP contribution in [0.3, 0.4) is 0 Å². The van der Waals surface area contributed by atoms with Crippen molar-refractivity contribution in [2.45, 2.75) is 6.18 Å². The zero-order valence-corrected chi connectivity index (χ0v) is 12.6.